The van der Waals surface area contributed by atoms with Gasteiger partial charge in [0.2, 0.25) is 0 Å². The normalized spacial score (nSPS) is 12.9. The van der Waals surface area contributed by atoms with Crippen LogP contribution in [0.2, 0.25) is 0 Å². The van der Waals surface area contributed by atoms with Gasteiger partial charge in [-0.3, -0.25) is 0 Å². The molecule has 0 amide bonds. The monoisotopic (exact) mass is 969 g/mol. The highest BCUT2D eigenvalue weighted by Gasteiger charge is 2.51. The fourth-order valence-corrected chi connectivity index (χ4v) is 14.0. The van der Waals surface area contributed by atoms with Crippen LogP contribution in [-0.4, -0.2) is 0 Å². The molecule has 1 heterocycles. The van der Waals surface area contributed by atoms with Crippen LogP contribution < -0.4 is 4.90 Å². The van der Waals surface area contributed by atoms with Gasteiger partial charge in [-0.05, 0) is 142 Å². The van der Waals surface area contributed by atoms with Crippen LogP contribution in [0.5, 0.6) is 0 Å². The average Bonchev–Trinajstić information content (AvgIpc) is 3.99. The predicted molar refractivity (Wildman–Crippen MR) is 317 cm³/mol. The van der Waals surface area contributed by atoms with Gasteiger partial charge in [0, 0.05) is 26.6 Å². The van der Waals surface area contributed by atoms with Crippen LogP contribution in [0.25, 0.3) is 88.0 Å². The van der Waals surface area contributed by atoms with E-state index in [1.54, 1.807) is 0 Å². The Morgan fingerprint density at radius 3 is 1.37 bits per heavy atom. The molecule has 0 aromatic heterocycles. The van der Waals surface area contributed by atoms with E-state index in [0.717, 1.165) is 22.6 Å². The van der Waals surface area contributed by atoms with E-state index in [4.69, 9.17) is 0 Å². The van der Waals surface area contributed by atoms with Gasteiger partial charge in [0.25, 0.3) is 0 Å². The van der Waals surface area contributed by atoms with Crippen molar-refractivity contribution in [1.82, 2.24) is 0 Å². The molecule has 1 nitrogen and oxygen atoms in total. The highest BCUT2D eigenvalue weighted by atomic mass is 32.2. The second kappa shape index (κ2) is 17.5. The zero-order valence-corrected chi connectivity index (χ0v) is 41.8. The van der Waals surface area contributed by atoms with Gasteiger partial charge in [-0.25, -0.2) is 0 Å². The molecule has 0 fully saturated rings. The summed E-state index contributed by atoms with van der Waals surface area (Å²) in [6.45, 7) is 0. The Morgan fingerprint density at radius 1 is 0.267 bits per heavy atom. The van der Waals surface area contributed by atoms with Crippen molar-refractivity contribution in [2.24, 2.45) is 0 Å². The number of benzene rings is 13. The largest absolute Gasteiger partial charge is 0.309 e. The maximum atomic E-state index is 2.56. The standard InChI is InChI=1S/C73H47NS/c1-3-28-54-48(20-1)22-17-34-56(54)50-24-15-25-51(46-50)57-44-45-58(60-31-6-5-30-59(57)60)52-26-16-27-53(47-52)74(68-40-12-8-32-62(68)61-35-18-23-49-21-2-4-29-55(49)61)69-41-19-39-67-72(69)63-33-7-9-36-64(63)73(67)65-37-10-13-42-70(65)75-71-43-14-11-38-66(71)73/h1-47H. The minimum absolute atomic E-state index is 0.516. The molecule has 1 aliphatic carbocycles. The van der Waals surface area contributed by atoms with Crippen LogP contribution >= 0.6 is 11.8 Å². The number of hydrogen-bond acceptors (Lipinski definition) is 2. The summed E-state index contributed by atoms with van der Waals surface area (Å²) in [6, 6.07) is 106. The van der Waals surface area contributed by atoms with E-state index in [9.17, 15) is 0 Å². The lowest BCUT2D eigenvalue weighted by Crippen LogP contribution is -2.32. The second-order valence-electron chi connectivity index (χ2n) is 19.8. The SMILES string of the molecule is c1cc(-c2cccc3ccccc23)cc(-c2ccc(-c3cccc(N(c4ccccc4-c4cccc5ccccc45)c4cccc5c4-c4ccccc4C54c5ccccc5Sc5ccccc54)c3)c3ccccc23)c1. The molecule has 0 bridgehead atoms. The van der Waals surface area contributed by atoms with Crippen LogP contribution in [0.1, 0.15) is 22.3 Å². The Labute approximate surface area is 441 Å². The minimum atomic E-state index is -0.516. The third-order valence-electron chi connectivity index (χ3n) is 15.9. The Hall–Kier alpha value is -9.21. The van der Waals surface area contributed by atoms with Crippen molar-refractivity contribution in [3.8, 4) is 55.6 Å². The first-order valence-electron chi connectivity index (χ1n) is 25.9. The van der Waals surface area contributed by atoms with E-state index in [1.165, 1.54) is 114 Å². The molecule has 13 aromatic carbocycles. The zero-order valence-electron chi connectivity index (χ0n) is 41.0. The highest BCUT2D eigenvalue weighted by molar-refractivity contribution is 7.99. The van der Waals surface area contributed by atoms with Crippen molar-refractivity contribution in [2.75, 3.05) is 4.90 Å². The maximum absolute atomic E-state index is 2.56. The van der Waals surface area contributed by atoms with Crippen molar-refractivity contribution < 1.29 is 0 Å². The minimum Gasteiger partial charge on any atom is -0.309 e. The first kappa shape index (κ1) is 43.4. The Kier molecular flexibility index (Phi) is 10.1. The summed E-state index contributed by atoms with van der Waals surface area (Å²) in [4.78, 5) is 5.15. The fraction of sp³-hybridized carbons (Fsp3) is 0.0137. The predicted octanol–water partition coefficient (Wildman–Crippen LogP) is 20.1. The maximum Gasteiger partial charge on any atom is 0.0736 e. The van der Waals surface area contributed by atoms with Crippen LogP contribution in [0.3, 0.4) is 0 Å². The Morgan fingerprint density at radius 2 is 0.693 bits per heavy atom. The van der Waals surface area contributed by atoms with Crippen molar-refractivity contribution in [3.63, 3.8) is 0 Å². The topological polar surface area (TPSA) is 3.24 Å². The van der Waals surface area contributed by atoms with Gasteiger partial charge in [-0.2, -0.15) is 0 Å². The number of para-hydroxylation sites is 1. The molecule has 0 atom stereocenters. The molecule has 0 unspecified atom stereocenters. The number of rotatable bonds is 7. The van der Waals surface area contributed by atoms with Crippen LogP contribution in [0.4, 0.5) is 17.1 Å². The molecule has 0 radical (unpaired) electrons. The molecule has 350 valence electrons. The number of anilines is 3. The lowest BCUT2D eigenvalue weighted by atomic mass is 9.67. The van der Waals surface area contributed by atoms with Crippen LogP contribution in [0, 0.1) is 0 Å². The molecule has 2 heteroatoms. The smallest absolute Gasteiger partial charge is 0.0736 e. The molecule has 0 saturated carbocycles. The van der Waals surface area contributed by atoms with Crippen molar-refractivity contribution in [3.05, 3.63) is 307 Å². The molecule has 75 heavy (non-hydrogen) atoms. The quantitative estimate of drug-likeness (QED) is 0.157. The van der Waals surface area contributed by atoms with E-state index in [-0.39, 0.29) is 0 Å². The summed E-state index contributed by atoms with van der Waals surface area (Å²) in [5, 5.41) is 7.40. The van der Waals surface area contributed by atoms with Gasteiger partial charge in [-0.15, -0.1) is 0 Å². The molecule has 1 aliphatic heterocycles. The fourth-order valence-electron chi connectivity index (χ4n) is 12.8. The average molecular weight is 970 g/mol. The van der Waals surface area contributed by atoms with Crippen molar-refractivity contribution >= 4 is 61.1 Å². The van der Waals surface area contributed by atoms with E-state index >= 15 is 0 Å². The summed E-state index contributed by atoms with van der Waals surface area (Å²) in [5.41, 5.74) is 20.2. The Bertz CT molecular complexity index is 4370. The summed E-state index contributed by atoms with van der Waals surface area (Å²) >= 11 is 1.89. The lowest BCUT2D eigenvalue weighted by molar-refractivity contribution is 0.722. The lowest BCUT2D eigenvalue weighted by Gasteiger charge is -2.39. The summed E-state index contributed by atoms with van der Waals surface area (Å²) in [7, 11) is 0. The zero-order chi connectivity index (χ0) is 49.5. The number of fused-ring (bicyclic) bond motifs is 12. The van der Waals surface area contributed by atoms with Gasteiger partial charge >= 0.3 is 0 Å². The Balaban J connectivity index is 0.950. The molecule has 0 saturated heterocycles. The van der Waals surface area contributed by atoms with E-state index in [2.05, 4.69) is 290 Å². The molecule has 1 spiro atoms. The summed E-state index contributed by atoms with van der Waals surface area (Å²) in [6.07, 6.45) is 0. The van der Waals surface area contributed by atoms with Crippen LogP contribution in [0.15, 0.2) is 295 Å². The summed E-state index contributed by atoms with van der Waals surface area (Å²) < 4.78 is 0. The molecule has 2 aliphatic rings. The highest BCUT2D eigenvalue weighted by Crippen LogP contribution is 2.64. The van der Waals surface area contributed by atoms with E-state index in [0.29, 0.717) is 0 Å². The van der Waals surface area contributed by atoms with Crippen LogP contribution in [-0.2, 0) is 5.41 Å². The number of hydrogen-bond donors (Lipinski definition) is 0. The van der Waals surface area contributed by atoms with E-state index in [1.807, 2.05) is 11.8 Å². The van der Waals surface area contributed by atoms with Gasteiger partial charge in [-0.1, -0.05) is 254 Å². The van der Waals surface area contributed by atoms with Gasteiger partial charge in [0.1, 0.15) is 0 Å². The molecule has 13 aromatic rings. The van der Waals surface area contributed by atoms with E-state index < -0.39 is 5.41 Å². The van der Waals surface area contributed by atoms with Gasteiger partial charge < -0.3 is 4.90 Å². The van der Waals surface area contributed by atoms with Crippen molar-refractivity contribution in [1.29, 1.82) is 0 Å². The van der Waals surface area contributed by atoms with Gasteiger partial charge in [0.15, 0.2) is 0 Å². The first-order chi connectivity index (χ1) is 37.2. The third kappa shape index (κ3) is 6.73. The number of nitrogens with zero attached hydrogens (tertiary/aromatic N) is 1. The molecular formula is C73H47NS. The van der Waals surface area contributed by atoms with Crippen molar-refractivity contribution in [2.45, 2.75) is 15.2 Å². The molecule has 15 rings (SSSR count). The second-order valence-corrected chi connectivity index (χ2v) is 20.9. The first-order valence-corrected chi connectivity index (χ1v) is 26.7. The van der Waals surface area contributed by atoms with Gasteiger partial charge in [0.05, 0.1) is 16.8 Å². The summed E-state index contributed by atoms with van der Waals surface area (Å²) in [5.74, 6) is 0. The molecular weight excluding hydrogens is 923 g/mol. The molecule has 0 N–H and O–H groups in total. The third-order valence-corrected chi connectivity index (χ3v) is 17.1.